The maximum absolute atomic E-state index is 13.1. The van der Waals surface area contributed by atoms with Crippen LogP contribution >= 0.6 is 0 Å². The van der Waals surface area contributed by atoms with Crippen LogP contribution in [0.2, 0.25) is 0 Å². The number of hydrogen-bond donors (Lipinski definition) is 1. The monoisotopic (exact) mass is 374 g/mol. The lowest BCUT2D eigenvalue weighted by molar-refractivity contribution is -0.114. The van der Waals surface area contributed by atoms with Crippen molar-refractivity contribution in [2.24, 2.45) is 0 Å². The number of nitrogens with one attached hydrogen (secondary N) is 1. The summed E-state index contributed by atoms with van der Waals surface area (Å²) in [6.07, 6.45) is 0.686. The molecule has 1 amide bonds. The predicted molar refractivity (Wildman–Crippen MR) is 99.7 cm³/mol. The van der Waals surface area contributed by atoms with Gasteiger partial charge in [0.1, 0.15) is 5.75 Å². The van der Waals surface area contributed by atoms with Gasteiger partial charge in [-0.1, -0.05) is 24.3 Å². The third kappa shape index (κ3) is 3.73. The van der Waals surface area contributed by atoms with Gasteiger partial charge >= 0.3 is 0 Å². The van der Waals surface area contributed by atoms with Crippen LogP contribution in [0.5, 0.6) is 5.75 Å². The van der Waals surface area contributed by atoms with E-state index in [4.69, 9.17) is 4.74 Å². The second kappa shape index (κ2) is 7.47. The lowest BCUT2D eigenvalue weighted by Gasteiger charge is -2.28. The molecule has 6 nitrogen and oxygen atoms in total. The number of carbonyl (C=O) groups is 1. The molecule has 0 saturated heterocycles. The minimum Gasteiger partial charge on any atom is -0.492 e. The largest absolute Gasteiger partial charge is 0.492 e. The van der Waals surface area contributed by atoms with Crippen molar-refractivity contribution in [1.29, 1.82) is 0 Å². The summed E-state index contributed by atoms with van der Waals surface area (Å²) in [5.41, 5.74) is 2.57. The average Bonchev–Trinajstić information content (AvgIpc) is 2.62. The molecule has 0 bridgehead atoms. The Morgan fingerprint density at radius 1 is 1.19 bits per heavy atom. The van der Waals surface area contributed by atoms with E-state index in [0.29, 0.717) is 37.6 Å². The molecule has 0 unspecified atom stereocenters. The second-order valence-corrected chi connectivity index (χ2v) is 8.07. The topological polar surface area (TPSA) is 75.7 Å². The number of benzene rings is 2. The first-order valence-electron chi connectivity index (χ1n) is 8.53. The Kier molecular flexibility index (Phi) is 5.29. The van der Waals surface area contributed by atoms with Gasteiger partial charge in [-0.05, 0) is 42.7 Å². The van der Waals surface area contributed by atoms with Crippen LogP contribution in [-0.2, 0) is 27.8 Å². The molecule has 1 heterocycles. The zero-order valence-electron chi connectivity index (χ0n) is 14.9. The van der Waals surface area contributed by atoms with Crippen LogP contribution in [0.4, 0.5) is 5.69 Å². The highest BCUT2D eigenvalue weighted by atomic mass is 32.2. The summed E-state index contributed by atoms with van der Waals surface area (Å²) < 4.78 is 33.1. The normalized spacial score (nSPS) is 14.5. The molecule has 0 radical (unpaired) electrons. The van der Waals surface area contributed by atoms with Gasteiger partial charge in [0.15, 0.2) is 0 Å². The van der Waals surface area contributed by atoms with E-state index in [0.717, 1.165) is 5.56 Å². The summed E-state index contributed by atoms with van der Waals surface area (Å²) in [5, 5.41) is 2.64. The zero-order chi connectivity index (χ0) is 18.7. The Bertz CT molecular complexity index is 925. The molecule has 0 aromatic heterocycles. The van der Waals surface area contributed by atoms with E-state index in [2.05, 4.69) is 5.32 Å². The molecule has 1 aliphatic heterocycles. The molecular weight excluding hydrogens is 352 g/mol. The van der Waals surface area contributed by atoms with Crippen molar-refractivity contribution in [3.63, 3.8) is 0 Å². The van der Waals surface area contributed by atoms with Gasteiger partial charge in [-0.15, -0.1) is 0 Å². The minimum atomic E-state index is -3.67. The Labute approximate surface area is 153 Å². The summed E-state index contributed by atoms with van der Waals surface area (Å²) in [6, 6.07) is 12.4. The molecule has 1 N–H and O–H groups in total. The van der Waals surface area contributed by atoms with E-state index >= 15 is 0 Å². The lowest BCUT2D eigenvalue weighted by atomic mass is 10.0. The first-order valence-corrected chi connectivity index (χ1v) is 9.97. The minimum absolute atomic E-state index is 0.143. The van der Waals surface area contributed by atoms with E-state index in [1.807, 2.05) is 31.2 Å². The van der Waals surface area contributed by atoms with Crippen molar-refractivity contribution in [3.05, 3.63) is 53.6 Å². The first-order chi connectivity index (χ1) is 12.4. The summed E-state index contributed by atoms with van der Waals surface area (Å²) in [7, 11) is -3.67. The van der Waals surface area contributed by atoms with Crippen LogP contribution < -0.4 is 10.1 Å². The van der Waals surface area contributed by atoms with E-state index < -0.39 is 10.0 Å². The maximum atomic E-state index is 13.1. The van der Waals surface area contributed by atoms with Gasteiger partial charge in [0, 0.05) is 20.0 Å². The number of nitrogens with zero attached hydrogens (tertiary/aromatic N) is 1. The molecule has 0 saturated carbocycles. The number of amides is 1. The molecule has 2 aromatic carbocycles. The second-order valence-electron chi connectivity index (χ2n) is 6.13. The number of sulfonamides is 1. The highest BCUT2D eigenvalue weighted by Gasteiger charge is 2.29. The predicted octanol–water partition coefficient (Wildman–Crippen LogP) is 2.79. The number of carbonyl (C=O) groups excluding carboxylic acids is 1. The SMILES string of the molecule is CCOc1ccc(S(=O)(=O)N2CCc3ccccc3C2)cc1NC(C)=O. The Morgan fingerprint density at radius 2 is 1.92 bits per heavy atom. The fourth-order valence-corrected chi connectivity index (χ4v) is 4.51. The molecule has 7 heteroatoms. The van der Waals surface area contributed by atoms with Crippen LogP contribution in [0.1, 0.15) is 25.0 Å². The number of hydrogen-bond acceptors (Lipinski definition) is 4. The van der Waals surface area contributed by atoms with E-state index in [9.17, 15) is 13.2 Å². The van der Waals surface area contributed by atoms with Gasteiger partial charge in [-0.2, -0.15) is 4.31 Å². The van der Waals surface area contributed by atoms with Crippen LogP contribution in [-0.4, -0.2) is 31.8 Å². The van der Waals surface area contributed by atoms with Crippen molar-refractivity contribution in [1.82, 2.24) is 4.31 Å². The van der Waals surface area contributed by atoms with Gasteiger partial charge in [-0.25, -0.2) is 8.42 Å². The molecule has 1 aliphatic rings. The van der Waals surface area contributed by atoms with Gasteiger partial charge in [0.05, 0.1) is 17.2 Å². The number of rotatable bonds is 5. The zero-order valence-corrected chi connectivity index (χ0v) is 15.7. The van der Waals surface area contributed by atoms with Gasteiger partial charge in [-0.3, -0.25) is 4.79 Å². The third-order valence-electron chi connectivity index (χ3n) is 4.29. The Balaban J connectivity index is 1.93. The van der Waals surface area contributed by atoms with Crippen molar-refractivity contribution < 1.29 is 17.9 Å². The molecule has 0 fully saturated rings. The van der Waals surface area contributed by atoms with Crippen LogP contribution in [0.3, 0.4) is 0 Å². The molecular formula is C19H22N2O4S. The van der Waals surface area contributed by atoms with E-state index in [1.54, 1.807) is 6.07 Å². The van der Waals surface area contributed by atoms with Gasteiger partial charge in [0.25, 0.3) is 0 Å². The maximum Gasteiger partial charge on any atom is 0.243 e. The molecule has 0 aliphatic carbocycles. The van der Waals surface area contributed by atoms with Gasteiger partial charge in [0.2, 0.25) is 15.9 Å². The van der Waals surface area contributed by atoms with E-state index in [1.165, 1.54) is 28.9 Å². The summed E-state index contributed by atoms with van der Waals surface area (Å²) in [5.74, 6) is 0.165. The lowest BCUT2D eigenvalue weighted by Crippen LogP contribution is -2.36. The molecule has 138 valence electrons. The smallest absolute Gasteiger partial charge is 0.243 e. The molecule has 2 aromatic rings. The van der Waals surface area contributed by atoms with Crippen LogP contribution in [0.25, 0.3) is 0 Å². The standard InChI is InChI=1S/C19H22N2O4S/c1-3-25-19-9-8-17(12-18(19)20-14(2)22)26(23,24)21-11-10-15-6-4-5-7-16(15)13-21/h4-9,12H,3,10-11,13H2,1-2H3,(H,20,22). The van der Waals surface area contributed by atoms with Crippen molar-refractivity contribution in [2.45, 2.75) is 31.7 Å². The Morgan fingerprint density at radius 3 is 2.62 bits per heavy atom. The number of fused-ring (bicyclic) bond motifs is 1. The molecule has 0 atom stereocenters. The molecule has 26 heavy (non-hydrogen) atoms. The van der Waals surface area contributed by atoms with Gasteiger partial charge < -0.3 is 10.1 Å². The third-order valence-corrected chi connectivity index (χ3v) is 6.14. The van der Waals surface area contributed by atoms with Crippen molar-refractivity contribution in [2.75, 3.05) is 18.5 Å². The van der Waals surface area contributed by atoms with Crippen molar-refractivity contribution in [3.8, 4) is 5.75 Å². The number of ether oxygens (including phenoxy) is 1. The number of anilines is 1. The first kappa shape index (κ1) is 18.4. The molecule has 3 rings (SSSR count). The van der Waals surface area contributed by atoms with E-state index in [-0.39, 0.29) is 10.8 Å². The average molecular weight is 374 g/mol. The van der Waals surface area contributed by atoms with Crippen LogP contribution in [0.15, 0.2) is 47.4 Å². The highest BCUT2D eigenvalue weighted by molar-refractivity contribution is 7.89. The van der Waals surface area contributed by atoms with Crippen molar-refractivity contribution >= 4 is 21.6 Å². The highest BCUT2D eigenvalue weighted by Crippen LogP contribution is 2.31. The Hall–Kier alpha value is -2.38. The fourth-order valence-electron chi connectivity index (χ4n) is 3.06. The summed E-state index contributed by atoms with van der Waals surface area (Å²) >= 11 is 0. The molecule has 0 spiro atoms. The quantitative estimate of drug-likeness (QED) is 0.873. The fraction of sp³-hybridized carbons (Fsp3) is 0.316. The van der Waals surface area contributed by atoms with Crippen LogP contribution in [0, 0.1) is 0 Å². The summed E-state index contributed by atoms with van der Waals surface area (Å²) in [4.78, 5) is 11.6. The summed E-state index contributed by atoms with van der Waals surface area (Å²) in [6.45, 7) is 4.40.